The zero-order chi connectivity index (χ0) is 14.4. The van der Waals surface area contributed by atoms with Gasteiger partial charge < -0.3 is 5.73 Å². The Labute approximate surface area is 132 Å². The molecular formula is C18H28BrN. The second-order valence-electron chi connectivity index (χ2n) is 6.59. The molecule has 0 amide bonds. The van der Waals surface area contributed by atoms with Gasteiger partial charge in [0.05, 0.1) is 0 Å². The molecule has 0 atom stereocenters. The highest BCUT2D eigenvalue weighted by atomic mass is 79.9. The molecule has 2 rings (SSSR count). The van der Waals surface area contributed by atoms with Crippen molar-refractivity contribution in [3.8, 4) is 0 Å². The van der Waals surface area contributed by atoms with Crippen LogP contribution in [0.3, 0.4) is 0 Å². The van der Waals surface area contributed by atoms with Gasteiger partial charge in [0.1, 0.15) is 0 Å². The summed E-state index contributed by atoms with van der Waals surface area (Å²) in [7, 11) is 0. The van der Waals surface area contributed by atoms with E-state index in [2.05, 4.69) is 47.1 Å². The van der Waals surface area contributed by atoms with Crippen LogP contribution in [0.1, 0.15) is 57.4 Å². The molecule has 0 heterocycles. The first-order chi connectivity index (χ1) is 9.67. The van der Waals surface area contributed by atoms with Crippen molar-refractivity contribution < 1.29 is 0 Å². The van der Waals surface area contributed by atoms with Crippen LogP contribution in [0.15, 0.2) is 28.7 Å². The lowest BCUT2D eigenvalue weighted by molar-refractivity contribution is 0.150. The van der Waals surface area contributed by atoms with Crippen LogP contribution >= 0.6 is 15.9 Å². The summed E-state index contributed by atoms with van der Waals surface area (Å²) in [4.78, 5) is 0. The zero-order valence-corrected chi connectivity index (χ0v) is 14.3. The van der Waals surface area contributed by atoms with E-state index in [0.29, 0.717) is 5.41 Å². The molecule has 0 spiro atoms. The van der Waals surface area contributed by atoms with Crippen LogP contribution in [0.25, 0.3) is 0 Å². The fourth-order valence-electron chi connectivity index (χ4n) is 3.56. The number of hydrogen-bond acceptors (Lipinski definition) is 1. The van der Waals surface area contributed by atoms with Crippen molar-refractivity contribution in [3.05, 3.63) is 34.3 Å². The first-order valence-corrected chi connectivity index (χ1v) is 8.91. The molecular weight excluding hydrogens is 310 g/mol. The third kappa shape index (κ3) is 4.33. The van der Waals surface area contributed by atoms with Gasteiger partial charge in [0.25, 0.3) is 0 Å². The summed E-state index contributed by atoms with van der Waals surface area (Å²) >= 11 is 3.51. The number of rotatable bonds is 6. The normalized spacial score (nSPS) is 26.6. The third-order valence-corrected chi connectivity index (χ3v) is 5.59. The van der Waals surface area contributed by atoms with Gasteiger partial charge in [0.2, 0.25) is 0 Å². The largest absolute Gasteiger partial charge is 0.330 e. The van der Waals surface area contributed by atoms with Gasteiger partial charge in [-0.1, -0.05) is 54.2 Å². The number of halogens is 1. The summed E-state index contributed by atoms with van der Waals surface area (Å²) in [6, 6.07) is 8.77. The highest BCUT2D eigenvalue weighted by molar-refractivity contribution is 9.10. The average molecular weight is 338 g/mol. The molecule has 1 aromatic carbocycles. The molecule has 0 aromatic heterocycles. The average Bonchev–Trinajstić information content (AvgIpc) is 2.49. The van der Waals surface area contributed by atoms with E-state index in [1.807, 2.05) is 0 Å². The predicted molar refractivity (Wildman–Crippen MR) is 90.8 cm³/mol. The van der Waals surface area contributed by atoms with Crippen LogP contribution < -0.4 is 5.73 Å². The Morgan fingerprint density at radius 2 is 1.85 bits per heavy atom. The molecule has 2 N–H and O–H groups in total. The van der Waals surface area contributed by atoms with Gasteiger partial charge in [0.15, 0.2) is 0 Å². The molecule has 0 saturated heterocycles. The van der Waals surface area contributed by atoms with E-state index in [4.69, 9.17) is 5.73 Å². The van der Waals surface area contributed by atoms with Gasteiger partial charge >= 0.3 is 0 Å². The molecule has 0 aliphatic heterocycles. The SMILES string of the molecule is CCCCC1CCC(CN)(Cc2ccc(Br)cc2)CC1. The summed E-state index contributed by atoms with van der Waals surface area (Å²) in [6.45, 7) is 3.13. The van der Waals surface area contributed by atoms with E-state index in [1.165, 1.54) is 50.5 Å². The Kier molecular flexibility index (Phi) is 6.10. The van der Waals surface area contributed by atoms with Gasteiger partial charge in [-0.2, -0.15) is 0 Å². The summed E-state index contributed by atoms with van der Waals surface area (Å²) < 4.78 is 1.16. The maximum atomic E-state index is 6.15. The minimum absolute atomic E-state index is 0.358. The van der Waals surface area contributed by atoms with Crippen molar-refractivity contribution in [1.29, 1.82) is 0 Å². The van der Waals surface area contributed by atoms with Crippen molar-refractivity contribution in [1.82, 2.24) is 0 Å². The molecule has 0 bridgehead atoms. The molecule has 2 heteroatoms. The molecule has 0 radical (unpaired) electrons. The lowest BCUT2D eigenvalue weighted by Crippen LogP contribution is -2.36. The number of hydrogen-bond donors (Lipinski definition) is 1. The lowest BCUT2D eigenvalue weighted by atomic mass is 9.67. The highest BCUT2D eigenvalue weighted by Gasteiger charge is 2.33. The first kappa shape index (κ1) is 16.0. The Hall–Kier alpha value is -0.340. The van der Waals surface area contributed by atoms with Crippen molar-refractivity contribution in [3.63, 3.8) is 0 Å². The summed E-state index contributed by atoms with van der Waals surface area (Å²) in [6.07, 6.45) is 10.7. The summed E-state index contributed by atoms with van der Waals surface area (Å²) in [5.41, 5.74) is 7.95. The fourth-order valence-corrected chi connectivity index (χ4v) is 3.82. The number of unbranched alkanes of at least 4 members (excludes halogenated alkanes) is 1. The minimum Gasteiger partial charge on any atom is -0.330 e. The smallest absolute Gasteiger partial charge is 0.0175 e. The van der Waals surface area contributed by atoms with Gasteiger partial charge in [-0.3, -0.25) is 0 Å². The molecule has 1 aromatic rings. The molecule has 0 unspecified atom stereocenters. The lowest BCUT2D eigenvalue weighted by Gasteiger charge is -2.40. The summed E-state index contributed by atoms with van der Waals surface area (Å²) in [5, 5.41) is 0. The van der Waals surface area contributed by atoms with Gasteiger partial charge in [-0.05, 0) is 67.7 Å². The number of nitrogens with two attached hydrogens (primary N) is 1. The molecule has 1 aliphatic carbocycles. The van der Waals surface area contributed by atoms with Crippen molar-refractivity contribution >= 4 is 15.9 Å². The van der Waals surface area contributed by atoms with Crippen LogP contribution in [0.4, 0.5) is 0 Å². The number of benzene rings is 1. The maximum Gasteiger partial charge on any atom is 0.0175 e. The Balaban J connectivity index is 1.92. The standard InChI is InChI=1S/C18H28BrN/c1-2-3-4-15-9-11-18(14-20,12-10-15)13-16-5-7-17(19)8-6-16/h5-8,15H,2-4,9-14,20H2,1H3. The highest BCUT2D eigenvalue weighted by Crippen LogP contribution is 2.42. The third-order valence-electron chi connectivity index (χ3n) is 5.06. The van der Waals surface area contributed by atoms with Crippen LogP contribution in [-0.2, 0) is 6.42 Å². The fraction of sp³-hybridized carbons (Fsp3) is 0.667. The van der Waals surface area contributed by atoms with Crippen molar-refractivity contribution in [2.24, 2.45) is 17.1 Å². The van der Waals surface area contributed by atoms with Crippen molar-refractivity contribution in [2.75, 3.05) is 6.54 Å². The van der Waals surface area contributed by atoms with E-state index in [0.717, 1.165) is 23.4 Å². The quantitative estimate of drug-likeness (QED) is 0.747. The Morgan fingerprint density at radius 1 is 1.20 bits per heavy atom. The molecule has 1 saturated carbocycles. The second-order valence-corrected chi connectivity index (χ2v) is 7.51. The topological polar surface area (TPSA) is 26.0 Å². The van der Waals surface area contributed by atoms with Gasteiger partial charge in [-0.15, -0.1) is 0 Å². The van der Waals surface area contributed by atoms with Crippen LogP contribution in [0.5, 0.6) is 0 Å². The van der Waals surface area contributed by atoms with Crippen LogP contribution in [-0.4, -0.2) is 6.54 Å². The van der Waals surface area contributed by atoms with Crippen LogP contribution in [0, 0.1) is 11.3 Å². The minimum atomic E-state index is 0.358. The summed E-state index contributed by atoms with van der Waals surface area (Å²) in [5.74, 6) is 0.958. The Morgan fingerprint density at radius 3 is 2.40 bits per heavy atom. The zero-order valence-electron chi connectivity index (χ0n) is 12.7. The molecule has 1 nitrogen and oxygen atoms in total. The molecule has 1 aliphatic rings. The van der Waals surface area contributed by atoms with E-state index < -0.39 is 0 Å². The van der Waals surface area contributed by atoms with E-state index in [9.17, 15) is 0 Å². The van der Waals surface area contributed by atoms with Crippen molar-refractivity contribution in [2.45, 2.75) is 58.3 Å². The Bertz CT molecular complexity index is 390. The maximum absolute atomic E-state index is 6.15. The van der Waals surface area contributed by atoms with E-state index >= 15 is 0 Å². The van der Waals surface area contributed by atoms with E-state index in [-0.39, 0.29) is 0 Å². The second kappa shape index (κ2) is 7.61. The molecule has 112 valence electrons. The van der Waals surface area contributed by atoms with E-state index in [1.54, 1.807) is 0 Å². The van der Waals surface area contributed by atoms with Crippen LogP contribution in [0.2, 0.25) is 0 Å². The molecule has 1 fully saturated rings. The van der Waals surface area contributed by atoms with Gasteiger partial charge in [-0.25, -0.2) is 0 Å². The molecule has 20 heavy (non-hydrogen) atoms. The first-order valence-electron chi connectivity index (χ1n) is 8.12. The monoisotopic (exact) mass is 337 g/mol. The van der Waals surface area contributed by atoms with Gasteiger partial charge in [0, 0.05) is 4.47 Å². The predicted octanol–water partition coefficient (Wildman–Crippen LogP) is 5.32.